The van der Waals surface area contributed by atoms with Crippen LogP contribution in [-0.4, -0.2) is 13.0 Å². The molecule has 0 aliphatic rings. The molecule has 22 heavy (non-hydrogen) atoms. The topological polar surface area (TPSA) is 41.6 Å². The summed E-state index contributed by atoms with van der Waals surface area (Å²) in [6, 6.07) is 22.4. The fourth-order valence-corrected chi connectivity index (χ4v) is 2.85. The van der Waals surface area contributed by atoms with Crippen molar-refractivity contribution in [3.63, 3.8) is 0 Å². The maximum atomic E-state index is 6.20. The summed E-state index contributed by atoms with van der Waals surface area (Å²) in [7, 11) is 1.93. The minimum absolute atomic E-state index is 0.471. The van der Waals surface area contributed by atoms with Gasteiger partial charge in [-0.05, 0) is 52.2 Å². The van der Waals surface area contributed by atoms with Crippen LogP contribution in [0.15, 0.2) is 71.7 Å². The van der Waals surface area contributed by atoms with E-state index >= 15 is 0 Å². The molecule has 3 aromatic carbocycles. The Bertz CT molecular complexity index is 837. The third-order valence-electron chi connectivity index (χ3n) is 3.54. The number of benzene rings is 3. The predicted molar refractivity (Wildman–Crippen MR) is 103 cm³/mol. The van der Waals surface area contributed by atoms with Crippen LogP contribution in [0.4, 0.5) is 11.4 Å². The molecule has 0 atom stereocenters. The van der Waals surface area contributed by atoms with Gasteiger partial charge >= 0.3 is 0 Å². The van der Waals surface area contributed by atoms with Gasteiger partial charge in [-0.15, -0.1) is 0 Å². The molecule has 3 aromatic rings. The van der Waals surface area contributed by atoms with Crippen LogP contribution in [0, 0.1) is 3.57 Å². The van der Waals surface area contributed by atoms with E-state index in [2.05, 4.69) is 57.9 Å². The van der Waals surface area contributed by atoms with Crippen molar-refractivity contribution in [2.75, 3.05) is 11.9 Å². The summed E-state index contributed by atoms with van der Waals surface area (Å²) < 4.78 is 1.17. The molecule has 2 N–H and O–H groups in total. The van der Waals surface area contributed by atoms with Crippen LogP contribution in [0.3, 0.4) is 0 Å². The smallest absolute Gasteiger partial charge is 0.200 e. The standard InChI is InChI=1S/C18H16IN3/c1-22(15-9-5-8-14(19)12-15)18(20)21-17-11-4-7-13-6-2-3-10-16(13)17/h2-12H,1H3,(H2,20,21). The predicted octanol–water partition coefficient (Wildman–Crippen LogP) is 4.53. The first-order valence-corrected chi connectivity index (χ1v) is 8.04. The van der Waals surface area contributed by atoms with Crippen molar-refractivity contribution in [1.82, 2.24) is 0 Å². The highest BCUT2D eigenvalue weighted by Gasteiger charge is 2.07. The molecule has 0 aliphatic heterocycles. The summed E-state index contributed by atoms with van der Waals surface area (Å²) in [4.78, 5) is 6.50. The van der Waals surface area contributed by atoms with Crippen molar-refractivity contribution >= 4 is 50.7 Å². The Kier molecular flexibility index (Phi) is 4.29. The lowest BCUT2D eigenvalue weighted by atomic mass is 10.1. The molecule has 0 aliphatic carbocycles. The van der Waals surface area contributed by atoms with Crippen LogP contribution in [0.5, 0.6) is 0 Å². The van der Waals surface area contributed by atoms with Gasteiger partial charge in [-0.3, -0.25) is 0 Å². The molecule has 0 saturated heterocycles. The fraction of sp³-hybridized carbons (Fsp3) is 0.0556. The van der Waals surface area contributed by atoms with E-state index in [0.717, 1.165) is 22.1 Å². The average molecular weight is 401 g/mol. The van der Waals surface area contributed by atoms with E-state index in [1.54, 1.807) is 0 Å². The highest BCUT2D eigenvalue weighted by Crippen LogP contribution is 2.26. The quantitative estimate of drug-likeness (QED) is 0.390. The number of halogens is 1. The van der Waals surface area contributed by atoms with Crippen LogP contribution in [0.2, 0.25) is 0 Å². The molecule has 0 amide bonds. The van der Waals surface area contributed by atoms with Gasteiger partial charge in [0.25, 0.3) is 0 Å². The Labute approximate surface area is 143 Å². The Balaban J connectivity index is 1.99. The molecule has 0 bridgehead atoms. The Morgan fingerprint density at radius 3 is 2.55 bits per heavy atom. The molecule has 0 aromatic heterocycles. The van der Waals surface area contributed by atoms with E-state index in [1.165, 1.54) is 3.57 Å². The third-order valence-corrected chi connectivity index (χ3v) is 4.21. The van der Waals surface area contributed by atoms with Gasteiger partial charge in [-0.1, -0.05) is 42.5 Å². The van der Waals surface area contributed by atoms with Crippen LogP contribution in [0.1, 0.15) is 0 Å². The molecule has 4 heteroatoms. The summed E-state index contributed by atoms with van der Waals surface area (Å²) in [5.74, 6) is 0.471. The zero-order valence-electron chi connectivity index (χ0n) is 12.2. The number of hydrogen-bond donors (Lipinski definition) is 1. The maximum absolute atomic E-state index is 6.20. The van der Waals surface area contributed by atoms with Gasteiger partial charge in [0.05, 0.1) is 5.69 Å². The van der Waals surface area contributed by atoms with Crippen LogP contribution in [-0.2, 0) is 0 Å². The molecule has 110 valence electrons. The first kappa shape index (κ1) is 14.8. The van der Waals surface area contributed by atoms with Crippen molar-refractivity contribution in [2.24, 2.45) is 10.7 Å². The largest absolute Gasteiger partial charge is 0.369 e. The molecular weight excluding hydrogens is 385 g/mol. The normalized spacial score (nSPS) is 11.6. The van der Waals surface area contributed by atoms with E-state index in [-0.39, 0.29) is 0 Å². The second-order valence-corrected chi connectivity index (χ2v) is 6.25. The average Bonchev–Trinajstić information content (AvgIpc) is 2.54. The van der Waals surface area contributed by atoms with E-state index < -0.39 is 0 Å². The number of anilines is 1. The number of rotatable bonds is 2. The second kappa shape index (κ2) is 6.36. The lowest BCUT2D eigenvalue weighted by Gasteiger charge is -2.18. The molecule has 0 heterocycles. The molecule has 3 nitrogen and oxygen atoms in total. The second-order valence-electron chi connectivity index (χ2n) is 5.01. The fourth-order valence-electron chi connectivity index (χ4n) is 2.32. The van der Waals surface area contributed by atoms with E-state index in [0.29, 0.717) is 5.96 Å². The number of aliphatic imine (C=N–C) groups is 1. The molecule has 0 unspecified atom stereocenters. The van der Waals surface area contributed by atoms with E-state index in [1.807, 2.05) is 48.3 Å². The maximum Gasteiger partial charge on any atom is 0.200 e. The summed E-state index contributed by atoms with van der Waals surface area (Å²) >= 11 is 2.29. The van der Waals surface area contributed by atoms with Gasteiger partial charge in [0.1, 0.15) is 0 Å². The molecule has 0 radical (unpaired) electrons. The Morgan fingerprint density at radius 2 is 1.73 bits per heavy atom. The molecular formula is C18H16IN3. The minimum atomic E-state index is 0.471. The van der Waals surface area contributed by atoms with Crippen molar-refractivity contribution in [2.45, 2.75) is 0 Å². The number of nitrogens with zero attached hydrogens (tertiary/aromatic N) is 2. The summed E-state index contributed by atoms with van der Waals surface area (Å²) in [6.45, 7) is 0. The lowest BCUT2D eigenvalue weighted by Crippen LogP contribution is -2.33. The Hall–Kier alpha value is -2.08. The number of guanidine groups is 1. The first-order chi connectivity index (χ1) is 10.6. The molecule has 0 fully saturated rings. The summed E-state index contributed by atoms with van der Waals surface area (Å²) in [5.41, 5.74) is 8.10. The Morgan fingerprint density at radius 1 is 1.00 bits per heavy atom. The van der Waals surface area contributed by atoms with Gasteiger partial charge in [0, 0.05) is 21.7 Å². The van der Waals surface area contributed by atoms with E-state index in [9.17, 15) is 0 Å². The molecule has 0 saturated carbocycles. The first-order valence-electron chi connectivity index (χ1n) is 6.96. The SMILES string of the molecule is CN(C(N)=Nc1cccc2ccccc12)c1cccc(I)c1. The zero-order valence-corrected chi connectivity index (χ0v) is 14.4. The van der Waals surface area contributed by atoms with Gasteiger partial charge in [-0.2, -0.15) is 0 Å². The summed E-state index contributed by atoms with van der Waals surface area (Å²) in [6.07, 6.45) is 0. The van der Waals surface area contributed by atoms with Crippen molar-refractivity contribution < 1.29 is 0 Å². The van der Waals surface area contributed by atoms with Crippen molar-refractivity contribution in [1.29, 1.82) is 0 Å². The monoisotopic (exact) mass is 401 g/mol. The highest BCUT2D eigenvalue weighted by atomic mass is 127. The van der Waals surface area contributed by atoms with E-state index in [4.69, 9.17) is 5.73 Å². The van der Waals surface area contributed by atoms with Gasteiger partial charge in [-0.25, -0.2) is 4.99 Å². The van der Waals surface area contributed by atoms with Gasteiger partial charge in [0.15, 0.2) is 0 Å². The zero-order chi connectivity index (χ0) is 15.5. The van der Waals surface area contributed by atoms with Crippen LogP contribution in [0.25, 0.3) is 10.8 Å². The minimum Gasteiger partial charge on any atom is -0.369 e. The number of fused-ring (bicyclic) bond motifs is 1. The van der Waals surface area contributed by atoms with Crippen molar-refractivity contribution in [3.8, 4) is 0 Å². The third kappa shape index (κ3) is 3.06. The molecule has 3 rings (SSSR count). The summed E-state index contributed by atoms with van der Waals surface area (Å²) in [5, 5.41) is 2.26. The van der Waals surface area contributed by atoms with Gasteiger partial charge in [0.2, 0.25) is 5.96 Å². The number of nitrogens with two attached hydrogens (primary N) is 1. The van der Waals surface area contributed by atoms with Crippen LogP contribution >= 0.6 is 22.6 Å². The number of hydrogen-bond acceptors (Lipinski definition) is 1. The van der Waals surface area contributed by atoms with Crippen LogP contribution < -0.4 is 10.6 Å². The molecule has 0 spiro atoms. The van der Waals surface area contributed by atoms with Crippen molar-refractivity contribution in [3.05, 3.63) is 70.3 Å². The lowest BCUT2D eigenvalue weighted by molar-refractivity contribution is 1.22. The highest BCUT2D eigenvalue weighted by molar-refractivity contribution is 14.1. The van der Waals surface area contributed by atoms with Gasteiger partial charge < -0.3 is 10.6 Å².